The molecule has 1 aromatic heterocycles. The van der Waals surface area contributed by atoms with Gasteiger partial charge in [-0.1, -0.05) is 0 Å². The third-order valence-electron chi connectivity index (χ3n) is 2.06. The zero-order valence-electron chi connectivity index (χ0n) is 8.92. The van der Waals surface area contributed by atoms with Gasteiger partial charge in [-0.2, -0.15) is 5.26 Å². The molecule has 16 heavy (non-hydrogen) atoms. The van der Waals surface area contributed by atoms with Crippen LogP contribution in [0.3, 0.4) is 0 Å². The average molecular weight is 220 g/mol. The summed E-state index contributed by atoms with van der Waals surface area (Å²) < 4.78 is 0. The summed E-state index contributed by atoms with van der Waals surface area (Å²) >= 11 is 0. The van der Waals surface area contributed by atoms with Gasteiger partial charge < -0.3 is 10.0 Å². The Morgan fingerprint density at radius 3 is 2.81 bits per heavy atom. The van der Waals surface area contributed by atoms with Crippen molar-refractivity contribution in [3.05, 3.63) is 18.1 Å². The minimum atomic E-state index is -0.874. The van der Waals surface area contributed by atoms with Crippen LogP contribution in [0.1, 0.15) is 19.0 Å². The number of nitrogens with zero attached hydrogens (tertiary/aromatic N) is 4. The van der Waals surface area contributed by atoms with E-state index in [1.54, 1.807) is 4.90 Å². The lowest BCUT2D eigenvalue weighted by molar-refractivity contribution is -0.136. The molecule has 0 atom stereocenters. The Balaban J connectivity index is 2.86. The number of aromatic nitrogens is 2. The predicted octanol–water partition coefficient (Wildman–Crippen LogP) is 0.649. The third kappa shape index (κ3) is 2.92. The van der Waals surface area contributed by atoms with E-state index in [4.69, 9.17) is 10.4 Å². The van der Waals surface area contributed by atoms with Crippen LogP contribution in [-0.2, 0) is 4.79 Å². The highest BCUT2D eigenvalue weighted by atomic mass is 16.4. The number of aliphatic carboxylic acids is 1. The zero-order valence-corrected chi connectivity index (χ0v) is 8.92. The smallest absolute Gasteiger partial charge is 0.305 e. The number of rotatable bonds is 5. The quantitative estimate of drug-likeness (QED) is 0.783. The summed E-state index contributed by atoms with van der Waals surface area (Å²) in [6, 6.07) is 1.94. The Labute approximate surface area is 93.2 Å². The molecule has 0 aliphatic carbocycles. The summed E-state index contributed by atoms with van der Waals surface area (Å²) in [5.74, 6) is -0.436. The number of anilines is 1. The molecule has 0 spiro atoms. The van der Waals surface area contributed by atoms with Crippen LogP contribution < -0.4 is 4.90 Å². The molecule has 0 unspecified atom stereocenters. The Hall–Kier alpha value is -2.16. The van der Waals surface area contributed by atoms with Gasteiger partial charge in [-0.15, -0.1) is 0 Å². The fraction of sp³-hybridized carbons (Fsp3) is 0.400. The van der Waals surface area contributed by atoms with Crippen LogP contribution >= 0.6 is 0 Å². The minimum Gasteiger partial charge on any atom is -0.481 e. The molecule has 0 aromatic carbocycles. The monoisotopic (exact) mass is 220 g/mol. The maximum atomic E-state index is 10.5. The van der Waals surface area contributed by atoms with Crippen molar-refractivity contribution in [1.82, 2.24) is 9.97 Å². The molecule has 6 nitrogen and oxygen atoms in total. The van der Waals surface area contributed by atoms with E-state index < -0.39 is 5.97 Å². The maximum absolute atomic E-state index is 10.5. The maximum Gasteiger partial charge on any atom is 0.305 e. The molecule has 0 fully saturated rings. The molecule has 0 saturated carbocycles. The van der Waals surface area contributed by atoms with E-state index in [9.17, 15) is 4.79 Å². The van der Waals surface area contributed by atoms with Gasteiger partial charge in [-0.05, 0) is 6.92 Å². The zero-order chi connectivity index (χ0) is 12.0. The first-order chi connectivity index (χ1) is 7.69. The van der Waals surface area contributed by atoms with Crippen molar-refractivity contribution in [2.24, 2.45) is 0 Å². The second-order valence-electron chi connectivity index (χ2n) is 3.06. The van der Waals surface area contributed by atoms with Crippen molar-refractivity contribution in [1.29, 1.82) is 5.26 Å². The van der Waals surface area contributed by atoms with E-state index in [0.29, 0.717) is 18.9 Å². The fourth-order valence-electron chi connectivity index (χ4n) is 1.29. The second-order valence-corrected chi connectivity index (χ2v) is 3.06. The number of hydrogen-bond donors (Lipinski definition) is 1. The fourth-order valence-corrected chi connectivity index (χ4v) is 1.29. The second kappa shape index (κ2) is 5.66. The molecule has 0 saturated heterocycles. The molecule has 0 aliphatic rings. The molecule has 6 heteroatoms. The molecular weight excluding hydrogens is 208 g/mol. The van der Waals surface area contributed by atoms with E-state index in [0.717, 1.165) is 0 Å². The standard InChI is InChI=1S/C10H12N4O2/c1-2-14(6-3-9(15)16)10-8(7-11)12-4-5-13-10/h4-5H,2-3,6H2,1H3,(H,15,16). The predicted molar refractivity (Wildman–Crippen MR) is 56.9 cm³/mol. The van der Waals surface area contributed by atoms with Crippen molar-refractivity contribution < 1.29 is 9.90 Å². The molecule has 1 aromatic rings. The lowest BCUT2D eigenvalue weighted by Crippen LogP contribution is -2.27. The van der Waals surface area contributed by atoms with Gasteiger partial charge in [0.05, 0.1) is 6.42 Å². The molecule has 1 N–H and O–H groups in total. The summed E-state index contributed by atoms with van der Waals surface area (Å²) in [6.45, 7) is 2.78. The third-order valence-corrected chi connectivity index (χ3v) is 2.06. The summed E-state index contributed by atoms with van der Waals surface area (Å²) in [5, 5.41) is 17.4. The van der Waals surface area contributed by atoms with Crippen LogP contribution in [0, 0.1) is 11.3 Å². The van der Waals surface area contributed by atoms with Crippen molar-refractivity contribution in [2.75, 3.05) is 18.0 Å². The van der Waals surface area contributed by atoms with E-state index in [2.05, 4.69) is 9.97 Å². The van der Waals surface area contributed by atoms with Crippen LogP contribution in [0.15, 0.2) is 12.4 Å². The average Bonchev–Trinajstić information content (AvgIpc) is 2.30. The van der Waals surface area contributed by atoms with Crippen LogP contribution in [0.2, 0.25) is 0 Å². The van der Waals surface area contributed by atoms with Gasteiger partial charge in [0.25, 0.3) is 0 Å². The van der Waals surface area contributed by atoms with E-state index in [1.165, 1.54) is 12.4 Å². The first-order valence-corrected chi connectivity index (χ1v) is 4.87. The lowest BCUT2D eigenvalue weighted by atomic mass is 10.3. The van der Waals surface area contributed by atoms with Gasteiger partial charge in [-0.25, -0.2) is 9.97 Å². The van der Waals surface area contributed by atoms with Gasteiger partial charge in [0.15, 0.2) is 11.5 Å². The van der Waals surface area contributed by atoms with Gasteiger partial charge in [-0.3, -0.25) is 4.79 Å². The van der Waals surface area contributed by atoms with E-state index >= 15 is 0 Å². The van der Waals surface area contributed by atoms with Crippen LogP contribution in [0.4, 0.5) is 5.82 Å². The van der Waals surface area contributed by atoms with Crippen LogP contribution in [-0.4, -0.2) is 34.1 Å². The first kappa shape index (κ1) is 11.9. The Bertz CT molecular complexity index is 414. The summed E-state index contributed by atoms with van der Waals surface area (Å²) in [6.07, 6.45) is 2.93. The van der Waals surface area contributed by atoms with Crippen molar-refractivity contribution in [2.45, 2.75) is 13.3 Å². The highest BCUT2D eigenvalue weighted by Crippen LogP contribution is 2.13. The van der Waals surface area contributed by atoms with Gasteiger partial charge in [0.1, 0.15) is 6.07 Å². The van der Waals surface area contributed by atoms with Crippen molar-refractivity contribution in [3.63, 3.8) is 0 Å². The SMILES string of the molecule is CCN(CCC(=O)O)c1nccnc1C#N. The summed E-state index contributed by atoms with van der Waals surface area (Å²) in [5.41, 5.74) is 0.217. The number of hydrogen-bond acceptors (Lipinski definition) is 5. The first-order valence-electron chi connectivity index (χ1n) is 4.87. The largest absolute Gasteiger partial charge is 0.481 e. The van der Waals surface area contributed by atoms with Crippen LogP contribution in [0.5, 0.6) is 0 Å². The normalized spacial score (nSPS) is 9.50. The molecule has 0 amide bonds. The molecule has 0 bridgehead atoms. The molecular formula is C10H12N4O2. The molecule has 0 aliphatic heterocycles. The van der Waals surface area contributed by atoms with Gasteiger partial charge >= 0.3 is 5.97 Å². The Morgan fingerprint density at radius 1 is 1.56 bits per heavy atom. The number of carboxylic acid groups (broad SMARTS) is 1. The van der Waals surface area contributed by atoms with Crippen molar-refractivity contribution >= 4 is 11.8 Å². The van der Waals surface area contributed by atoms with Crippen molar-refractivity contribution in [3.8, 4) is 6.07 Å². The molecule has 1 rings (SSSR count). The summed E-state index contributed by atoms with van der Waals surface area (Å²) in [7, 11) is 0. The molecule has 84 valence electrons. The Kier molecular flexibility index (Phi) is 4.21. The van der Waals surface area contributed by atoms with Gasteiger partial charge in [0, 0.05) is 25.5 Å². The highest BCUT2D eigenvalue weighted by Gasteiger charge is 2.12. The summed E-state index contributed by atoms with van der Waals surface area (Å²) in [4.78, 5) is 20.1. The lowest BCUT2D eigenvalue weighted by Gasteiger charge is -2.20. The number of carboxylic acids is 1. The number of nitriles is 1. The van der Waals surface area contributed by atoms with Gasteiger partial charge in [0.2, 0.25) is 0 Å². The molecule has 0 radical (unpaired) electrons. The molecule has 1 heterocycles. The minimum absolute atomic E-state index is 0.00921. The van der Waals surface area contributed by atoms with E-state index in [1.807, 2.05) is 13.0 Å². The Morgan fingerprint density at radius 2 is 2.25 bits per heavy atom. The number of carbonyl (C=O) groups is 1. The van der Waals surface area contributed by atoms with E-state index in [-0.39, 0.29) is 12.1 Å². The van der Waals surface area contributed by atoms with Crippen LogP contribution in [0.25, 0.3) is 0 Å². The topological polar surface area (TPSA) is 90.1 Å². The highest BCUT2D eigenvalue weighted by molar-refractivity contribution is 5.67.